The second-order valence-corrected chi connectivity index (χ2v) is 7.46. The van der Waals surface area contributed by atoms with E-state index in [0.29, 0.717) is 37.3 Å². The molecule has 0 unspecified atom stereocenters. The summed E-state index contributed by atoms with van der Waals surface area (Å²) in [5.41, 5.74) is 2.67. The zero-order valence-corrected chi connectivity index (χ0v) is 18.9. The smallest absolute Gasteiger partial charge is 0.309 e. The summed E-state index contributed by atoms with van der Waals surface area (Å²) in [5, 5.41) is 38.5. The molecule has 8 nitrogen and oxygen atoms in total. The minimum absolute atomic E-state index is 0.0169. The van der Waals surface area contributed by atoms with Crippen molar-refractivity contribution >= 4 is 29.4 Å². The average molecular weight is 456 g/mol. The van der Waals surface area contributed by atoms with Gasteiger partial charge in [0.25, 0.3) is 0 Å². The third kappa shape index (κ3) is 7.68. The first kappa shape index (κ1) is 25.5. The van der Waals surface area contributed by atoms with E-state index < -0.39 is 11.9 Å². The van der Waals surface area contributed by atoms with E-state index in [1.54, 1.807) is 42.5 Å². The molecule has 0 aliphatic heterocycles. The number of carbonyl (C=O) groups is 2. The first-order valence-corrected chi connectivity index (χ1v) is 10.9. The molecule has 33 heavy (non-hydrogen) atoms. The van der Waals surface area contributed by atoms with Gasteiger partial charge in [0.2, 0.25) is 5.71 Å². The second kappa shape index (κ2) is 12.3. The number of nitrogens with zero attached hydrogens (tertiary/aromatic N) is 2. The standard InChI is InChI=1S/C25H30N2O6/c1-3-26(14-12-24(30)31)20-10-8-18(22(28)16-20)6-5-7-19-9-11-21(17-23(19)29)27(4-2)15-13-25(32)33/h5-11,16-17H,3-4,12-15H2,1-2H3,(H3,28,29,30,31,32,33)/p+1. The molecule has 0 amide bonds. The van der Waals surface area contributed by atoms with Crippen LogP contribution in [0.1, 0.15) is 32.3 Å². The monoisotopic (exact) mass is 455 g/mol. The fourth-order valence-corrected chi connectivity index (χ4v) is 3.40. The van der Waals surface area contributed by atoms with Crippen molar-refractivity contribution in [2.24, 2.45) is 0 Å². The Morgan fingerprint density at radius 1 is 1.06 bits per heavy atom. The van der Waals surface area contributed by atoms with Crippen LogP contribution in [-0.4, -0.2) is 68.8 Å². The predicted molar refractivity (Wildman–Crippen MR) is 128 cm³/mol. The summed E-state index contributed by atoms with van der Waals surface area (Å²) in [6.45, 7) is 5.80. The molecule has 0 fully saturated rings. The number of aliphatic hydroxyl groups is 1. The van der Waals surface area contributed by atoms with E-state index in [-0.39, 0.29) is 24.4 Å². The van der Waals surface area contributed by atoms with Gasteiger partial charge in [0, 0.05) is 42.1 Å². The lowest BCUT2D eigenvalue weighted by molar-refractivity contribution is -0.522. The van der Waals surface area contributed by atoms with Crippen molar-refractivity contribution in [2.45, 2.75) is 26.7 Å². The SMILES string of the molecule is CCN(CCC(=O)O)c1ccc(C=CC=C2C=CC(=[N+](CC)CCC(=O)O)C=C2O)c(O)c1. The molecule has 1 aromatic carbocycles. The van der Waals surface area contributed by atoms with Gasteiger partial charge in [0.1, 0.15) is 24.5 Å². The minimum Gasteiger partial charge on any atom is -0.507 e. The van der Waals surface area contributed by atoms with Gasteiger partial charge in [-0.05, 0) is 32.1 Å². The molecule has 2 rings (SSSR count). The van der Waals surface area contributed by atoms with Gasteiger partial charge in [0.15, 0.2) is 6.54 Å². The molecule has 0 radical (unpaired) electrons. The highest BCUT2D eigenvalue weighted by Gasteiger charge is 2.16. The average Bonchev–Trinajstić information content (AvgIpc) is 2.77. The van der Waals surface area contributed by atoms with Crippen LogP contribution in [0.15, 0.2) is 59.9 Å². The number of carboxylic acids is 2. The molecule has 1 aliphatic rings. The zero-order valence-electron chi connectivity index (χ0n) is 18.9. The molecule has 0 spiro atoms. The van der Waals surface area contributed by atoms with E-state index in [1.165, 1.54) is 0 Å². The van der Waals surface area contributed by atoms with Crippen LogP contribution in [0.25, 0.3) is 6.08 Å². The minimum atomic E-state index is -0.869. The number of phenols is 1. The molecule has 0 bridgehead atoms. The lowest BCUT2D eigenvalue weighted by Gasteiger charge is -2.22. The number of benzene rings is 1. The van der Waals surface area contributed by atoms with Crippen LogP contribution >= 0.6 is 0 Å². The summed E-state index contributed by atoms with van der Waals surface area (Å²) < 4.78 is 1.88. The van der Waals surface area contributed by atoms with E-state index in [2.05, 4.69) is 0 Å². The molecule has 0 atom stereocenters. The molecule has 0 saturated heterocycles. The number of anilines is 1. The van der Waals surface area contributed by atoms with Crippen LogP contribution in [0.3, 0.4) is 0 Å². The highest BCUT2D eigenvalue weighted by Crippen LogP contribution is 2.26. The number of aliphatic carboxylic acids is 2. The van der Waals surface area contributed by atoms with Gasteiger partial charge in [-0.15, -0.1) is 0 Å². The summed E-state index contributed by atoms with van der Waals surface area (Å²) in [5.74, 6) is -1.59. The van der Waals surface area contributed by atoms with E-state index in [4.69, 9.17) is 10.2 Å². The molecule has 0 aromatic heterocycles. The largest absolute Gasteiger partial charge is 0.507 e. The molecule has 0 heterocycles. The zero-order chi connectivity index (χ0) is 24.4. The van der Waals surface area contributed by atoms with Gasteiger partial charge in [-0.2, -0.15) is 0 Å². The van der Waals surface area contributed by atoms with Crippen LogP contribution in [-0.2, 0) is 9.59 Å². The lowest BCUT2D eigenvalue weighted by Crippen LogP contribution is -2.25. The summed E-state index contributed by atoms with van der Waals surface area (Å²) >= 11 is 0. The Morgan fingerprint density at radius 2 is 1.79 bits per heavy atom. The van der Waals surface area contributed by atoms with Gasteiger partial charge in [0.05, 0.1) is 12.5 Å². The van der Waals surface area contributed by atoms with E-state index in [9.17, 15) is 19.8 Å². The Labute approximate surface area is 193 Å². The fourth-order valence-electron chi connectivity index (χ4n) is 3.40. The number of hydrogen-bond donors (Lipinski definition) is 4. The Morgan fingerprint density at radius 3 is 2.36 bits per heavy atom. The van der Waals surface area contributed by atoms with Gasteiger partial charge in [-0.3, -0.25) is 9.59 Å². The van der Waals surface area contributed by atoms with Crippen molar-refractivity contribution in [3.8, 4) is 5.75 Å². The molecular weight excluding hydrogens is 424 g/mol. The van der Waals surface area contributed by atoms with Gasteiger partial charge in [-0.1, -0.05) is 18.2 Å². The van der Waals surface area contributed by atoms with E-state index in [0.717, 1.165) is 11.4 Å². The second-order valence-electron chi connectivity index (χ2n) is 7.46. The number of rotatable bonds is 11. The molecule has 8 heteroatoms. The molecular formula is C25H31N2O6+. The highest BCUT2D eigenvalue weighted by atomic mass is 16.4. The summed E-state index contributed by atoms with van der Waals surface area (Å²) in [6.07, 6.45) is 10.4. The third-order valence-electron chi connectivity index (χ3n) is 5.26. The van der Waals surface area contributed by atoms with Crippen molar-refractivity contribution in [1.29, 1.82) is 0 Å². The number of phenolic OH excluding ortho intramolecular Hbond substituents is 1. The lowest BCUT2D eigenvalue weighted by atomic mass is 10.0. The van der Waals surface area contributed by atoms with Gasteiger partial charge >= 0.3 is 11.9 Å². The Bertz CT molecular complexity index is 1030. The molecule has 1 aromatic rings. The van der Waals surface area contributed by atoms with Crippen LogP contribution in [0.4, 0.5) is 5.69 Å². The summed E-state index contributed by atoms with van der Waals surface area (Å²) in [7, 11) is 0. The summed E-state index contributed by atoms with van der Waals surface area (Å²) in [4.78, 5) is 23.5. The Balaban J connectivity index is 2.12. The number of allylic oxidation sites excluding steroid dienone is 5. The Hall–Kier alpha value is -3.81. The maximum atomic E-state index is 10.8. The van der Waals surface area contributed by atoms with Crippen LogP contribution in [0.2, 0.25) is 0 Å². The van der Waals surface area contributed by atoms with Gasteiger partial charge in [-0.25, -0.2) is 4.58 Å². The first-order chi connectivity index (χ1) is 15.7. The van der Waals surface area contributed by atoms with Crippen molar-refractivity contribution in [3.05, 3.63) is 65.5 Å². The quantitative estimate of drug-likeness (QED) is 0.376. The highest BCUT2D eigenvalue weighted by molar-refractivity contribution is 6.03. The van der Waals surface area contributed by atoms with Crippen LogP contribution < -0.4 is 4.90 Å². The fraction of sp³-hybridized carbons (Fsp3) is 0.320. The maximum Gasteiger partial charge on any atom is 0.309 e. The number of aliphatic hydroxyl groups excluding tert-OH is 1. The Kier molecular flexibility index (Phi) is 9.47. The topological polar surface area (TPSA) is 121 Å². The number of aromatic hydroxyl groups is 1. The van der Waals surface area contributed by atoms with Crippen molar-refractivity contribution in [2.75, 3.05) is 31.1 Å². The van der Waals surface area contributed by atoms with Crippen molar-refractivity contribution in [1.82, 2.24) is 0 Å². The van der Waals surface area contributed by atoms with Crippen molar-refractivity contribution < 1.29 is 34.6 Å². The molecule has 4 N–H and O–H groups in total. The van der Waals surface area contributed by atoms with E-state index >= 15 is 0 Å². The number of carboxylic acid groups (broad SMARTS) is 2. The summed E-state index contributed by atoms with van der Waals surface area (Å²) in [6, 6.07) is 5.18. The van der Waals surface area contributed by atoms with Gasteiger partial charge < -0.3 is 25.3 Å². The third-order valence-corrected chi connectivity index (χ3v) is 5.26. The molecule has 176 valence electrons. The molecule has 1 aliphatic carbocycles. The first-order valence-electron chi connectivity index (χ1n) is 10.9. The molecule has 0 saturated carbocycles. The van der Waals surface area contributed by atoms with E-state index in [1.807, 2.05) is 35.5 Å². The van der Waals surface area contributed by atoms with Crippen molar-refractivity contribution in [3.63, 3.8) is 0 Å². The van der Waals surface area contributed by atoms with Crippen LogP contribution in [0.5, 0.6) is 5.75 Å². The predicted octanol–water partition coefficient (Wildman–Crippen LogP) is 3.59. The number of hydrogen-bond acceptors (Lipinski definition) is 5. The normalized spacial score (nSPS) is 16.2. The maximum absolute atomic E-state index is 10.8. The van der Waals surface area contributed by atoms with Crippen LogP contribution in [0, 0.1) is 0 Å².